The van der Waals surface area contributed by atoms with Crippen LogP contribution in [0.2, 0.25) is 0 Å². The molecule has 0 atom stereocenters. The Morgan fingerprint density at radius 2 is 2.00 bits per heavy atom. The van der Waals surface area contributed by atoms with Gasteiger partial charge in [-0.1, -0.05) is 0 Å². The van der Waals surface area contributed by atoms with Gasteiger partial charge in [-0.15, -0.1) is 0 Å². The summed E-state index contributed by atoms with van der Waals surface area (Å²) in [7, 11) is 3.29. The zero-order valence-electron chi connectivity index (χ0n) is 12.1. The van der Waals surface area contributed by atoms with E-state index in [0.717, 1.165) is 25.9 Å². The van der Waals surface area contributed by atoms with Crippen molar-refractivity contribution in [1.29, 1.82) is 0 Å². The van der Waals surface area contributed by atoms with Crippen molar-refractivity contribution in [2.75, 3.05) is 46.9 Å². The fourth-order valence-corrected chi connectivity index (χ4v) is 2.55. The van der Waals surface area contributed by atoms with Gasteiger partial charge in [0.15, 0.2) is 0 Å². The van der Waals surface area contributed by atoms with Crippen molar-refractivity contribution in [3.63, 3.8) is 0 Å². The number of hydrogen-bond acceptors (Lipinski definition) is 4. The Labute approximate surface area is 114 Å². The first-order valence-electron chi connectivity index (χ1n) is 6.77. The van der Waals surface area contributed by atoms with Gasteiger partial charge < -0.3 is 20.3 Å². The van der Waals surface area contributed by atoms with Crippen LogP contribution < -0.4 is 10.6 Å². The first kappa shape index (κ1) is 15.9. The average Bonchev–Trinajstić information content (AvgIpc) is 2.39. The van der Waals surface area contributed by atoms with E-state index in [1.54, 1.807) is 14.2 Å². The zero-order chi connectivity index (χ0) is 14.3. The Balaban J connectivity index is 2.67. The van der Waals surface area contributed by atoms with E-state index in [0.29, 0.717) is 13.2 Å². The molecule has 0 spiro atoms. The minimum absolute atomic E-state index is 0.00195. The van der Waals surface area contributed by atoms with Crippen molar-refractivity contribution in [3.8, 4) is 0 Å². The standard InChI is InChI=1S/C13H25N3O3/c1-4-15-11(17)9-16(2)12(18)13(10-19-3)5-7-14-8-6-13/h14H,4-10H2,1-3H3,(H,15,17). The molecule has 6 heteroatoms. The number of nitrogens with zero attached hydrogens (tertiary/aromatic N) is 1. The van der Waals surface area contributed by atoms with Crippen LogP contribution >= 0.6 is 0 Å². The summed E-state index contributed by atoms with van der Waals surface area (Å²) >= 11 is 0. The van der Waals surface area contributed by atoms with Gasteiger partial charge in [0, 0.05) is 20.7 Å². The van der Waals surface area contributed by atoms with E-state index in [1.807, 2.05) is 6.92 Å². The van der Waals surface area contributed by atoms with Crippen molar-refractivity contribution in [2.45, 2.75) is 19.8 Å². The number of hydrogen-bond donors (Lipinski definition) is 2. The number of carbonyl (C=O) groups is 2. The van der Waals surface area contributed by atoms with Crippen LogP contribution in [-0.2, 0) is 14.3 Å². The number of methoxy groups -OCH3 is 1. The van der Waals surface area contributed by atoms with Gasteiger partial charge in [-0.25, -0.2) is 0 Å². The van der Waals surface area contributed by atoms with Crippen LogP contribution in [0.4, 0.5) is 0 Å². The molecule has 1 saturated heterocycles. The molecule has 0 unspecified atom stereocenters. The quantitative estimate of drug-likeness (QED) is 0.689. The molecule has 0 aromatic carbocycles. The van der Waals surface area contributed by atoms with Crippen LogP contribution in [0.25, 0.3) is 0 Å². The molecule has 0 aromatic rings. The third kappa shape index (κ3) is 4.18. The lowest BCUT2D eigenvalue weighted by molar-refractivity contribution is -0.148. The van der Waals surface area contributed by atoms with E-state index in [-0.39, 0.29) is 18.4 Å². The molecule has 0 aromatic heterocycles. The average molecular weight is 271 g/mol. The Morgan fingerprint density at radius 1 is 1.37 bits per heavy atom. The van der Waals surface area contributed by atoms with Crippen LogP contribution in [0.15, 0.2) is 0 Å². The molecule has 2 amide bonds. The number of piperidine rings is 1. The van der Waals surface area contributed by atoms with Gasteiger partial charge in [-0.05, 0) is 32.9 Å². The summed E-state index contributed by atoms with van der Waals surface area (Å²) in [4.78, 5) is 25.7. The molecule has 0 saturated carbocycles. The van der Waals surface area contributed by atoms with Crippen LogP contribution in [0.3, 0.4) is 0 Å². The SMILES string of the molecule is CCNC(=O)CN(C)C(=O)C1(COC)CCNCC1. The Hall–Kier alpha value is -1.14. The Morgan fingerprint density at radius 3 is 2.53 bits per heavy atom. The molecule has 0 radical (unpaired) electrons. The highest BCUT2D eigenvalue weighted by Crippen LogP contribution is 2.31. The molecule has 1 fully saturated rings. The van der Waals surface area contributed by atoms with Crippen molar-refractivity contribution >= 4 is 11.8 Å². The lowest BCUT2D eigenvalue weighted by Crippen LogP contribution is -2.52. The van der Waals surface area contributed by atoms with Gasteiger partial charge in [-0.3, -0.25) is 9.59 Å². The predicted molar refractivity (Wildman–Crippen MR) is 72.7 cm³/mol. The van der Waals surface area contributed by atoms with E-state index in [9.17, 15) is 9.59 Å². The van der Waals surface area contributed by atoms with Crippen molar-refractivity contribution < 1.29 is 14.3 Å². The molecule has 0 aliphatic carbocycles. The second-order valence-electron chi connectivity index (χ2n) is 5.08. The van der Waals surface area contributed by atoms with Crippen molar-refractivity contribution in [3.05, 3.63) is 0 Å². The van der Waals surface area contributed by atoms with Gasteiger partial charge >= 0.3 is 0 Å². The van der Waals surface area contributed by atoms with Crippen molar-refractivity contribution in [2.24, 2.45) is 5.41 Å². The minimum Gasteiger partial charge on any atom is -0.384 e. The van der Waals surface area contributed by atoms with E-state index in [2.05, 4.69) is 10.6 Å². The molecule has 1 aliphatic rings. The molecule has 0 bridgehead atoms. The smallest absolute Gasteiger partial charge is 0.239 e. The van der Waals surface area contributed by atoms with E-state index < -0.39 is 5.41 Å². The summed E-state index contributed by atoms with van der Waals surface area (Å²) in [6.07, 6.45) is 1.50. The van der Waals surface area contributed by atoms with Gasteiger partial charge in [-0.2, -0.15) is 0 Å². The number of rotatable bonds is 6. The van der Waals surface area contributed by atoms with Crippen LogP contribution in [0.1, 0.15) is 19.8 Å². The second kappa shape index (κ2) is 7.45. The highest BCUT2D eigenvalue weighted by Gasteiger charge is 2.41. The summed E-state index contributed by atoms with van der Waals surface area (Å²) in [6, 6.07) is 0. The third-order valence-corrected chi connectivity index (χ3v) is 3.54. The molecule has 1 rings (SSSR count). The minimum atomic E-state index is -0.485. The first-order valence-corrected chi connectivity index (χ1v) is 6.77. The van der Waals surface area contributed by atoms with Gasteiger partial charge in [0.25, 0.3) is 0 Å². The zero-order valence-corrected chi connectivity index (χ0v) is 12.1. The third-order valence-electron chi connectivity index (χ3n) is 3.54. The molecule has 6 nitrogen and oxygen atoms in total. The maximum absolute atomic E-state index is 12.6. The molecule has 1 aliphatic heterocycles. The molecule has 1 heterocycles. The van der Waals surface area contributed by atoms with Crippen LogP contribution in [0.5, 0.6) is 0 Å². The lowest BCUT2D eigenvalue weighted by atomic mass is 9.78. The van der Waals surface area contributed by atoms with Crippen LogP contribution in [-0.4, -0.2) is 63.7 Å². The number of nitrogens with one attached hydrogen (secondary N) is 2. The monoisotopic (exact) mass is 271 g/mol. The summed E-state index contributed by atoms with van der Waals surface area (Å²) in [5.41, 5.74) is -0.485. The Bertz CT molecular complexity index is 309. The van der Waals surface area contributed by atoms with Gasteiger partial charge in [0.1, 0.15) is 0 Å². The Kier molecular flexibility index (Phi) is 6.24. The number of ether oxygens (including phenoxy) is 1. The summed E-state index contributed by atoms with van der Waals surface area (Å²) in [6.45, 7) is 4.57. The topological polar surface area (TPSA) is 70.7 Å². The fourth-order valence-electron chi connectivity index (χ4n) is 2.55. The normalized spacial score (nSPS) is 17.8. The van der Waals surface area contributed by atoms with E-state index in [1.165, 1.54) is 4.90 Å². The predicted octanol–water partition coefficient (Wildman–Crippen LogP) is -0.403. The highest BCUT2D eigenvalue weighted by molar-refractivity contribution is 5.88. The second-order valence-corrected chi connectivity index (χ2v) is 5.08. The number of carbonyl (C=O) groups excluding carboxylic acids is 2. The molecule has 19 heavy (non-hydrogen) atoms. The molecular formula is C13H25N3O3. The maximum atomic E-state index is 12.6. The largest absolute Gasteiger partial charge is 0.384 e. The van der Waals surface area contributed by atoms with Crippen LogP contribution in [0, 0.1) is 5.41 Å². The summed E-state index contributed by atoms with van der Waals surface area (Å²) in [5.74, 6) is -0.123. The highest BCUT2D eigenvalue weighted by atomic mass is 16.5. The fraction of sp³-hybridized carbons (Fsp3) is 0.846. The molecular weight excluding hydrogens is 246 g/mol. The van der Waals surface area contributed by atoms with Gasteiger partial charge in [0.05, 0.1) is 18.6 Å². The van der Waals surface area contributed by atoms with E-state index >= 15 is 0 Å². The lowest BCUT2D eigenvalue weighted by Gasteiger charge is -2.38. The maximum Gasteiger partial charge on any atom is 0.239 e. The molecule has 110 valence electrons. The van der Waals surface area contributed by atoms with E-state index in [4.69, 9.17) is 4.74 Å². The number of amides is 2. The number of likely N-dealkylation sites (N-methyl/N-ethyl adjacent to an activating group) is 2. The van der Waals surface area contributed by atoms with Crippen molar-refractivity contribution in [1.82, 2.24) is 15.5 Å². The molecule has 2 N–H and O–H groups in total. The first-order chi connectivity index (χ1) is 9.05. The summed E-state index contributed by atoms with van der Waals surface area (Å²) in [5, 5.41) is 5.95. The van der Waals surface area contributed by atoms with Gasteiger partial charge in [0.2, 0.25) is 11.8 Å². The summed E-state index contributed by atoms with van der Waals surface area (Å²) < 4.78 is 5.23.